The Labute approximate surface area is 150 Å². The second kappa shape index (κ2) is 9.19. The molecule has 0 atom stereocenters. The smallest absolute Gasteiger partial charge is 0.0956 e. The fraction of sp³-hybridized carbons (Fsp3) is 0.400. The number of nitrogens with zero attached hydrogens (tertiary/aromatic N) is 1. The van der Waals surface area contributed by atoms with Gasteiger partial charge in [0.05, 0.1) is 18.8 Å². The van der Waals surface area contributed by atoms with E-state index in [1.54, 1.807) is 0 Å². The summed E-state index contributed by atoms with van der Waals surface area (Å²) >= 11 is 0. The summed E-state index contributed by atoms with van der Waals surface area (Å²) in [6, 6.07) is 21.1. The van der Waals surface area contributed by atoms with Gasteiger partial charge in [0.1, 0.15) is 0 Å². The predicted molar refractivity (Wildman–Crippen MR) is 99.4 cm³/mol. The van der Waals surface area contributed by atoms with Crippen molar-refractivity contribution in [1.29, 1.82) is 0 Å². The molecule has 1 fully saturated rings. The Hall–Kier alpha value is -1.39. The quantitative estimate of drug-likeness (QED) is 0.866. The summed E-state index contributed by atoms with van der Waals surface area (Å²) in [4.78, 5) is 2.48. The summed E-state index contributed by atoms with van der Waals surface area (Å²) < 4.78 is 6.13. The lowest BCUT2D eigenvalue weighted by atomic mass is 9.84. The Balaban J connectivity index is 0.00000208. The number of aliphatic hydroxyl groups excluding tert-OH is 1. The Morgan fingerprint density at radius 1 is 0.917 bits per heavy atom. The molecule has 0 aromatic heterocycles. The summed E-state index contributed by atoms with van der Waals surface area (Å²) in [5, 5.41) is 9.17. The summed E-state index contributed by atoms with van der Waals surface area (Å²) in [7, 11) is 0. The Kier molecular flexibility index (Phi) is 7.25. The molecule has 0 radical (unpaired) electrons. The molecule has 3 nitrogen and oxygen atoms in total. The van der Waals surface area contributed by atoms with E-state index in [1.807, 2.05) is 6.07 Å². The first-order valence-electron chi connectivity index (χ1n) is 8.39. The minimum Gasteiger partial charge on any atom is -0.394 e. The van der Waals surface area contributed by atoms with Gasteiger partial charge >= 0.3 is 0 Å². The van der Waals surface area contributed by atoms with Crippen molar-refractivity contribution >= 4 is 12.4 Å². The van der Waals surface area contributed by atoms with Crippen LogP contribution in [0.25, 0.3) is 0 Å². The molecule has 1 aliphatic heterocycles. The molecule has 24 heavy (non-hydrogen) atoms. The number of halogens is 1. The lowest BCUT2D eigenvalue weighted by molar-refractivity contribution is -0.0994. The zero-order valence-electron chi connectivity index (χ0n) is 13.9. The van der Waals surface area contributed by atoms with E-state index in [4.69, 9.17) is 9.84 Å². The Morgan fingerprint density at radius 3 is 2.08 bits per heavy atom. The van der Waals surface area contributed by atoms with Crippen molar-refractivity contribution in [3.63, 3.8) is 0 Å². The number of benzene rings is 2. The first-order chi connectivity index (χ1) is 11.3. The van der Waals surface area contributed by atoms with Crippen LogP contribution in [0.3, 0.4) is 0 Å². The van der Waals surface area contributed by atoms with Crippen LogP contribution in [-0.2, 0) is 16.9 Å². The zero-order chi connectivity index (χ0) is 16.0. The first-order valence-corrected chi connectivity index (χ1v) is 8.39. The summed E-state index contributed by atoms with van der Waals surface area (Å²) in [5.74, 6) is 0. The fourth-order valence-corrected chi connectivity index (χ4v) is 3.41. The Bertz CT molecular complexity index is 583. The predicted octanol–water partition coefficient (Wildman–Crippen LogP) is 3.61. The maximum Gasteiger partial charge on any atom is 0.0956 e. The lowest BCUT2D eigenvalue weighted by Crippen LogP contribution is -2.44. The molecule has 0 spiro atoms. The van der Waals surface area contributed by atoms with E-state index in [2.05, 4.69) is 59.5 Å². The topological polar surface area (TPSA) is 32.7 Å². The van der Waals surface area contributed by atoms with Gasteiger partial charge in [-0.3, -0.25) is 4.90 Å². The molecule has 1 heterocycles. The van der Waals surface area contributed by atoms with Gasteiger partial charge in [0, 0.05) is 19.6 Å². The van der Waals surface area contributed by atoms with Gasteiger partial charge in [0.25, 0.3) is 0 Å². The van der Waals surface area contributed by atoms with Crippen molar-refractivity contribution in [2.45, 2.75) is 25.0 Å². The average Bonchev–Trinajstić information content (AvgIpc) is 2.63. The summed E-state index contributed by atoms with van der Waals surface area (Å²) in [5.41, 5.74) is 2.33. The van der Waals surface area contributed by atoms with E-state index in [1.165, 1.54) is 11.1 Å². The fourth-order valence-electron chi connectivity index (χ4n) is 3.41. The molecule has 2 aromatic rings. The van der Waals surface area contributed by atoms with Gasteiger partial charge in [0.15, 0.2) is 0 Å². The van der Waals surface area contributed by atoms with Gasteiger partial charge < -0.3 is 9.84 Å². The van der Waals surface area contributed by atoms with Crippen LogP contribution in [0.5, 0.6) is 0 Å². The van der Waals surface area contributed by atoms with Crippen LogP contribution in [0.1, 0.15) is 24.0 Å². The number of likely N-dealkylation sites (tertiary alicyclic amines) is 1. The van der Waals surface area contributed by atoms with Crippen LogP contribution in [0.2, 0.25) is 0 Å². The number of aliphatic hydroxyl groups is 1. The number of hydrogen-bond acceptors (Lipinski definition) is 3. The maximum absolute atomic E-state index is 9.17. The molecular weight excluding hydrogens is 322 g/mol. The van der Waals surface area contributed by atoms with Gasteiger partial charge in [0.2, 0.25) is 0 Å². The normalized spacial score (nSPS) is 17.2. The SMILES string of the molecule is Cl.OCCOC1(c2ccccc2)CCN(Cc2ccccc2)CC1. The third kappa shape index (κ3) is 4.58. The van der Waals surface area contributed by atoms with Crippen molar-refractivity contribution in [2.24, 2.45) is 0 Å². The molecule has 2 aromatic carbocycles. The first kappa shape index (κ1) is 18.9. The molecule has 0 amide bonds. The molecule has 0 saturated carbocycles. The molecule has 1 N–H and O–H groups in total. The maximum atomic E-state index is 9.17. The largest absolute Gasteiger partial charge is 0.394 e. The van der Waals surface area contributed by atoms with Gasteiger partial charge in [-0.05, 0) is 24.0 Å². The number of hydrogen-bond donors (Lipinski definition) is 1. The molecular formula is C20H26ClNO2. The van der Waals surface area contributed by atoms with Crippen LogP contribution in [-0.4, -0.2) is 36.3 Å². The molecule has 1 saturated heterocycles. The lowest BCUT2D eigenvalue weighted by Gasteiger charge is -2.42. The van der Waals surface area contributed by atoms with E-state index < -0.39 is 0 Å². The third-order valence-electron chi connectivity index (χ3n) is 4.68. The van der Waals surface area contributed by atoms with Crippen molar-refractivity contribution in [1.82, 2.24) is 4.90 Å². The zero-order valence-corrected chi connectivity index (χ0v) is 14.8. The molecule has 0 bridgehead atoms. The third-order valence-corrected chi connectivity index (χ3v) is 4.68. The molecule has 0 unspecified atom stereocenters. The monoisotopic (exact) mass is 347 g/mol. The molecule has 130 valence electrons. The highest BCUT2D eigenvalue weighted by Gasteiger charge is 2.36. The highest BCUT2D eigenvalue weighted by atomic mass is 35.5. The average molecular weight is 348 g/mol. The second-order valence-electron chi connectivity index (χ2n) is 6.19. The van der Waals surface area contributed by atoms with Crippen LogP contribution in [0.4, 0.5) is 0 Å². The minimum absolute atomic E-state index is 0. The molecule has 0 aliphatic carbocycles. The molecule has 3 rings (SSSR count). The van der Waals surface area contributed by atoms with Gasteiger partial charge in [-0.25, -0.2) is 0 Å². The van der Waals surface area contributed by atoms with Crippen molar-refractivity contribution in [3.8, 4) is 0 Å². The standard InChI is InChI=1S/C20H25NO2.ClH/c22-15-16-23-20(19-9-5-2-6-10-19)11-13-21(14-12-20)17-18-7-3-1-4-8-18;/h1-10,22H,11-17H2;1H. The number of piperidine rings is 1. The van der Waals surface area contributed by atoms with Crippen LogP contribution in [0, 0.1) is 0 Å². The van der Waals surface area contributed by atoms with Crippen molar-refractivity contribution < 1.29 is 9.84 Å². The second-order valence-corrected chi connectivity index (χ2v) is 6.19. The van der Waals surface area contributed by atoms with Crippen molar-refractivity contribution in [3.05, 3.63) is 71.8 Å². The highest BCUT2D eigenvalue weighted by molar-refractivity contribution is 5.85. The van der Waals surface area contributed by atoms with E-state index >= 15 is 0 Å². The van der Waals surface area contributed by atoms with E-state index in [9.17, 15) is 0 Å². The summed E-state index contributed by atoms with van der Waals surface area (Å²) in [6.45, 7) is 3.48. The summed E-state index contributed by atoms with van der Waals surface area (Å²) in [6.07, 6.45) is 1.92. The van der Waals surface area contributed by atoms with Crippen LogP contribution in [0.15, 0.2) is 60.7 Å². The number of ether oxygens (including phenoxy) is 1. The molecule has 1 aliphatic rings. The van der Waals surface area contributed by atoms with Gasteiger partial charge in [-0.1, -0.05) is 60.7 Å². The van der Waals surface area contributed by atoms with Gasteiger partial charge in [-0.15, -0.1) is 12.4 Å². The van der Waals surface area contributed by atoms with E-state index in [0.717, 1.165) is 32.5 Å². The highest BCUT2D eigenvalue weighted by Crippen LogP contribution is 2.37. The van der Waals surface area contributed by atoms with Crippen LogP contribution < -0.4 is 0 Å². The van der Waals surface area contributed by atoms with Gasteiger partial charge in [-0.2, -0.15) is 0 Å². The number of rotatable bonds is 6. The van der Waals surface area contributed by atoms with Crippen molar-refractivity contribution in [2.75, 3.05) is 26.3 Å². The van der Waals surface area contributed by atoms with Crippen LogP contribution >= 0.6 is 12.4 Å². The Morgan fingerprint density at radius 2 is 1.50 bits per heavy atom. The minimum atomic E-state index is -0.253. The van der Waals surface area contributed by atoms with E-state index in [-0.39, 0.29) is 24.6 Å². The molecule has 4 heteroatoms. The van der Waals surface area contributed by atoms with E-state index in [0.29, 0.717) is 6.61 Å².